The molecule has 0 bridgehead atoms. The van der Waals surface area contributed by atoms with Gasteiger partial charge in [0.05, 0.1) is 12.3 Å². The molecule has 0 fully saturated rings. The molecular weight excluding hydrogens is 264 g/mol. The maximum Gasteiger partial charge on any atom is 0.216 e. The molecule has 2 heterocycles. The normalized spacial score (nSPS) is 12.5. The number of aromatic nitrogens is 3. The van der Waals surface area contributed by atoms with Gasteiger partial charge >= 0.3 is 0 Å². The fraction of sp³-hybridized carbons (Fsp3) is 0.0769. The Bertz CT molecular complexity index is 660. The Hall–Kier alpha value is -2.11. The zero-order valence-corrected chi connectivity index (χ0v) is 10.6. The lowest BCUT2D eigenvalue weighted by Gasteiger charge is -2.08. The van der Waals surface area contributed by atoms with E-state index in [0.29, 0.717) is 22.4 Å². The number of hydrogen-bond acceptors (Lipinski definition) is 4. The average molecular weight is 275 g/mol. The first-order chi connectivity index (χ1) is 9.24. The van der Waals surface area contributed by atoms with Crippen molar-refractivity contribution in [1.82, 2.24) is 15.2 Å². The lowest BCUT2D eigenvalue weighted by molar-refractivity contribution is 0.577. The number of nitrogens with two attached hydrogens (primary N) is 1. The SMILES string of the molecule is N[C@H](c1ccc(Cl)cc1)c1nc(-c2ccco2)n[nH]1. The molecule has 0 saturated carbocycles. The van der Waals surface area contributed by atoms with Crippen LogP contribution in [0.5, 0.6) is 0 Å². The Balaban J connectivity index is 1.88. The zero-order chi connectivity index (χ0) is 13.2. The van der Waals surface area contributed by atoms with Crippen LogP contribution in [0.4, 0.5) is 0 Å². The second-order valence-corrected chi connectivity index (χ2v) is 4.49. The third-order valence-corrected chi connectivity index (χ3v) is 3.02. The molecule has 0 amide bonds. The van der Waals surface area contributed by atoms with E-state index in [-0.39, 0.29) is 6.04 Å². The van der Waals surface area contributed by atoms with Gasteiger partial charge in [-0.3, -0.25) is 5.10 Å². The highest BCUT2D eigenvalue weighted by molar-refractivity contribution is 6.30. The Morgan fingerprint density at radius 2 is 2.00 bits per heavy atom. The van der Waals surface area contributed by atoms with Gasteiger partial charge in [-0.15, -0.1) is 5.10 Å². The molecule has 2 aromatic heterocycles. The van der Waals surface area contributed by atoms with E-state index in [1.165, 1.54) is 0 Å². The summed E-state index contributed by atoms with van der Waals surface area (Å²) < 4.78 is 5.23. The van der Waals surface area contributed by atoms with Crippen LogP contribution in [0.3, 0.4) is 0 Å². The van der Waals surface area contributed by atoms with Crippen molar-refractivity contribution < 1.29 is 4.42 Å². The second kappa shape index (κ2) is 4.87. The van der Waals surface area contributed by atoms with Crippen LogP contribution in [0.2, 0.25) is 5.02 Å². The van der Waals surface area contributed by atoms with E-state index in [4.69, 9.17) is 21.8 Å². The van der Waals surface area contributed by atoms with Crippen LogP contribution in [0.15, 0.2) is 47.1 Å². The van der Waals surface area contributed by atoms with Crippen molar-refractivity contribution in [2.45, 2.75) is 6.04 Å². The molecule has 96 valence electrons. The number of aromatic amines is 1. The van der Waals surface area contributed by atoms with E-state index in [1.54, 1.807) is 30.5 Å². The van der Waals surface area contributed by atoms with Crippen LogP contribution < -0.4 is 5.73 Å². The van der Waals surface area contributed by atoms with Gasteiger partial charge in [-0.25, -0.2) is 4.98 Å². The van der Waals surface area contributed by atoms with Crippen molar-refractivity contribution in [3.05, 3.63) is 59.1 Å². The van der Waals surface area contributed by atoms with Gasteiger partial charge in [-0.1, -0.05) is 23.7 Å². The molecule has 0 aliphatic rings. The largest absolute Gasteiger partial charge is 0.461 e. The van der Waals surface area contributed by atoms with Crippen LogP contribution in [0.25, 0.3) is 11.6 Å². The third-order valence-electron chi connectivity index (χ3n) is 2.77. The maximum absolute atomic E-state index is 6.13. The quantitative estimate of drug-likeness (QED) is 0.769. The summed E-state index contributed by atoms with van der Waals surface area (Å²) in [4.78, 5) is 4.33. The minimum Gasteiger partial charge on any atom is -0.461 e. The predicted octanol–water partition coefficient (Wildman–Crippen LogP) is 2.77. The molecule has 0 spiro atoms. The van der Waals surface area contributed by atoms with Crippen molar-refractivity contribution in [3.63, 3.8) is 0 Å². The van der Waals surface area contributed by atoms with Crippen molar-refractivity contribution in [2.75, 3.05) is 0 Å². The standard InChI is InChI=1S/C13H11ClN4O/c14-9-5-3-8(4-6-9)11(15)13-16-12(17-18-13)10-2-1-7-19-10/h1-7,11H,15H2,(H,16,17,18)/t11-/m1/s1. The lowest BCUT2D eigenvalue weighted by atomic mass is 10.1. The van der Waals surface area contributed by atoms with Crippen LogP contribution in [-0.2, 0) is 0 Å². The van der Waals surface area contributed by atoms with Crippen molar-refractivity contribution in [1.29, 1.82) is 0 Å². The lowest BCUT2D eigenvalue weighted by Crippen LogP contribution is -2.13. The Kier molecular flexibility index (Phi) is 3.06. The average Bonchev–Trinajstić information content (AvgIpc) is 3.10. The van der Waals surface area contributed by atoms with Crippen LogP contribution in [0.1, 0.15) is 17.4 Å². The summed E-state index contributed by atoms with van der Waals surface area (Å²) in [5, 5.41) is 7.59. The molecule has 0 aliphatic heterocycles. The first-order valence-electron chi connectivity index (χ1n) is 5.71. The van der Waals surface area contributed by atoms with E-state index in [0.717, 1.165) is 5.56 Å². The zero-order valence-electron chi connectivity index (χ0n) is 9.88. The number of rotatable bonds is 3. The molecular formula is C13H11ClN4O. The number of H-pyrrole nitrogens is 1. The van der Waals surface area contributed by atoms with Gasteiger partial charge in [0.1, 0.15) is 5.82 Å². The molecule has 3 rings (SSSR count). The van der Waals surface area contributed by atoms with Crippen molar-refractivity contribution in [3.8, 4) is 11.6 Å². The van der Waals surface area contributed by atoms with Gasteiger partial charge in [-0.2, -0.15) is 0 Å². The van der Waals surface area contributed by atoms with E-state index in [9.17, 15) is 0 Å². The summed E-state index contributed by atoms with van der Waals surface area (Å²) in [5.74, 6) is 1.67. The van der Waals surface area contributed by atoms with E-state index in [1.807, 2.05) is 12.1 Å². The van der Waals surface area contributed by atoms with E-state index >= 15 is 0 Å². The van der Waals surface area contributed by atoms with E-state index in [2.05, 4.69) is 15.2 Å². The second-order valence-electron chi connectivity index (χ2n) is 4.05. The van der Waals surface area contributed by atoms with Gasteiger partial charge in [0.15, 0.2) is 5.76 Å². The van der Waals surface area contributed by atoms with Gasteiger partial charge in [0, 0.05) is 5.02 Å². The number of hydrogen-bond donors (Lipinski definition) is 2. The molecule has 19 heavy (non-hydrogen) atoms. The molecule has 0 aliphatic carbocycles. The van der Waals surface area contributed by atoms with Gasteiger partial charge in [0.2, 0.25) is 5.82 Å². The molecule has 3 N–H and O–H groups in total. The monoisotopic (exact) mass is 274 g/mol. The minimum atomic E-state index is -0.381. The molecule has 0 saturated heterocycles. The fourth-order valence-corrected chi connectivity index (χ4v) is 1.88. The maximum atomic E-state index is 6.13. The van der Waals surface area contributed by atoms with Crippen LogP contribution in [-0.4, -0.2) is 15.2 Å². The number of benzene rings is 1. The van der Waals surface area contributed by atoms with Gasteiger partial charge in [-0.05, 0) is 29.8 Å². The smallest absolute Gasteiger partial charge is 0.216 e. The molecule has 0 radical (unpaired) electrons. The molecule has 3 aromatic rings. The number of furan rings is 1. The van der Waals surface area contributed by atoms with Gasteiger partial charge < -0.3 is 10.2 Å². The highest BCUT2D eigenvalue weighted by Crippen LogP contribution is 2.21. The number of halogens is 1. The summed E-state index contributed by atoms with van der Waals surface area (Å²) in [6.45, 7) is 0. The topological polar surface area (TPSA) is 80.7 Å². The molecule has 5 nitrogen and oxygen atoms in total. The predicted molar refractivity (Wildman–Crippen MR) is 71.6 cm³/mol. The van der Waals surface area contributed by atoms with E-state index < -0.39 is 0 Å². The summed E-state index contributed by atoms with van der Waals surface area (Å²) in [5.41, 5.74) is 7.03. The van der Waals surface area contributed by atoms with Crippen LogP contribution >= 0.6 is 11.6 Å². The summed E-state index contributed by atoms with van der Waals surface area (Å²) >= 11 is 5.85. The summed E-state index contributed by atoms with van der Waals surface area (Å²) in [6.07, 6.45) is 1.57. The number of nitrogens with one attached hydrogen (secondary N) is 1. The van der Waals surface area contributed by atoms with Crippen LogP contribution in [0, 0.1) is 0 Å². The Labute approximate surface area is 114 Å². The Morgan fingerprint density at radius 3 is 2.68 bits per heavy atom. The first-order valence-corrected chi connectivity index (χ1v) is 6.09. The molecule has 1 atom stereocenters. The third kappa shape index (κ3) is 2.38. The molecule has 0 unspecified atom stereocenters. The fourth-order valence-electron chi connectivity index (χ4n) is 1.76. The molecule has 6 heteroatoms. The molecule has 1 aromatic carbocycles. The highest BCUT2D eigenvalue weighted by atomic mass is 35.5. The summed E-state index contributed by atoms with van der Waals surface area (Å²) in [7, 11) is 0. The van der Waals surface area contributed by atoms with Crippen molar-refractivity contribution in [2.24, 2.45) is 5.73 Å². The highest BCUT2D eigenvalue weighted by Gasteiger charge is 2.15. The minimum absolute atomic E-state index is 0.381. The van der Waals surface area contributed by atoms with Gasteiger partial charge in [0.25, 0.3) is 0 Å². The number of nitrogens with zero attached hydrogens (tertiary/aromatic N) is 2. The Morgan fingerprint density at radius 1 is 1.21 bits per heavy atom. The summed E-state index contributed by atoms with van der Waals surface area (Å²) in [6, 6.07) is 10.5. The first kappa shape index (κ1) is 12.0. The van der Waals surface area contributed by atoms with Crippen molar-refractivity contribution >= 4 is 11.6 Å².